The second-order valence-electron chi connectivity index (χ2n) is 4.49. The van der Waals surface area contributed by atoms with Gasteiger partial charge in [0.15, 0.2) is 0 Å². The highest BCUT2D eigenvalue weighted by atomic mass is 79.9. The summed E-state index contributed by atoms with van der Waals surface area (Å²) in [4.78, 5) is 12.0. The Morgan fingerprint density at radius 3 is 2.78 bits per heavy atom. The summed E-state index contributed by atoms with van der Waals surface area (Å²) in [5, 5.41) is 16.4. The fraction of sp³-hybridized carbons (Fsp3) is 0.667. The summed E-state index contributed by atoms with van der Waals surface area (Å²) in [7, 11) is 0. The Morgan fingerprint density at radius 2 is 2.22 bits per heavy atom. The molecule has 1 aromatic heterocycles. The SMILES string of the molecule is CCCn1ncc(NC(C)C(C)CO)c(Br)c1=O. The molecule has 2 N–H and O–H groups in total. The summed E-state index contributed by atoms with van der Waals surface area (Å²) < 4.78 is 1.93. The summed E-state index contributed by atoms with van der Waals surface area (Å²) in [6, 6.07) is 0.0644. The number of nitrogens with one attached hydrogen (secondary N) is 1. The lowest BCUT2D eigenvalue weighted by Gasteiger charge is -2.21. The minimum absolute atomic E-state index is 0.0644. The smallest absolute Gasteiger partial charge is 0.283 e. The van der Waals surface area contributed by atoms with E-state index in [1.54, 1.807) is 6.20 Å². The van der Waals surface area contributed by atoms with Crippen LogP contribution in [0.25, 0.3) is 0 Å². The van der Waals surface area contributed by atoms with Crippen molar-refractivity contribution in [2.75, 3.05) is 11.9 Å². The summed E-state index contributed by atoms with van der Waals surface area (Å²) in [5.41, 5.74) is 0.533. The molecule has 1 heterocycles. The fourth-order valence-corrected chi connectivity index (χ4v) is 1.90. The van der Waals surface area contributed by atoms with Crippen LogP contribution < -0.4 is 10.9 Å². The Labute approximate surface area is 115 Å². The Balaban J connectivity index is 2.92. The Bertz CT molecular complexity index is 447. The van der Waals surface area contributed by atoms with Gasteiger partial charge in [-0.05, 0) is 35.2 Å². The molecule has 0 fully saturated rings. The third-order valence-corrected chi connectivity index (χ3v) is 3.71. The molecule has 1 rings (SSSR count). The maximum absolute atomic E-state index is 12.0. The molecule has 0 aliphatic heterocycles. The number of aliphatic hydroxyl groups excluding tert-OH is 1. The normalized spacial score (nSPS) is 14.3. The average Bonchev–Trinajstić information content (AvgIpc) is 2.37. The number of rotatable bonds is 6. The van der Waals surface area contributed by atoms with E-state index in [1.807, 2.05) is 20.8 Å². The molecular formula is C12H20BrN3O2. The van der Waals surface area contributed by atoms with Crippen molar-refractivity contribution in [3.8, 4) is 0 Å². The lowest BCUT2D eigenvalue weighted by Crippen LogP contribution is -2.29. The van der Waals surface area contributed by atoms with E-state index in [1.165, 1.54) is 4.68 Å². The number of aryl methyl sites for hydroxylation is 1. The van der Waals surface area contributed by atoms with Crippen LogP contribution in [0.2, 0.25) is 0 Å². The molecule has 1 aromatic rings. The number of hydrogen-bond acceptors (Lipinski definition) is 4. The van der Waals surface area contributed by atoms with E-state index in [2.05, 4.69) is 26.3 Å². The minimum atomic E-state index is -0.134. The van der Waals surface area contributed by atoms with Gasteiger partial charge in [0.25, 0.3) is 5.56 Å². The lowest BCUT2D eigenvalue weighted by atomic mass is 10.1. The molecule has 0 aliphatic rings. The second-order valence-corrected chi connectivity index (χ2v) is 5.29. The topological polar surface area (TPSA) is 67.2 Å². The highest BCUT2D eigenvalue weighted by Gasteiger charge is 2.14. The summed E-state index contributed by atoms with van der Waals surface area (Å²) in [6.07, 6.45) is 2.51. The highest BCUT2D eigenvalue weighted by Crippen LogP contribution is 2.19. The average molecular weight is 318 g/mol. The predicted molar refractivity (Wildman–Crippen MR) is 75.8 cm³/mol. The van der Waals surface area contributed by atoms with Gasteiger partial charge in [-0.25, -0.2) is 4.68 Å². The van der Waals surface area contributed by atoms with Gasteiger partial charge < -0.3 is 10.4 Å². The van der Waals surface area contributed by atoms with Crippen molar-refractivity contribution in [1.29, 1.82) is 0 Å². The maximum Gasteiger partial charge on any atom is 0.283 e. The quantitative estimate of drug-likeness (QED) is 0.840. The first-order valence-corrected chi connectivity index (χ1v) is 6.93. The van der Waals surface area contributed by atoms with Crippen molar-refractivity contribution >= 4 is 21.6 Å². The van der Waals surface area contributed by atoms with Gasteiger partial charge in [-0.2, -0.15) is 5.10 Å². The Kier molecular flexibility index (Phi) is 5.81. The van der Waals surface area contributed by atoms with E-state index in [-0.39, 0.29) is 24.1 Å². The van der Waals surface area contributed by atoms with Crippen molar-refractivity contribution in [2.45, 2.75) is 39.8 Å². The van der Waals surface area contributed by atoms with Crippen LogP contribution in [0.15, 0.2) is 15.5 Å². The molecule has 0 aliphatic carbocycles. The molecule has 6 heteroatoms. The van der Waals surface area contributed by atoms with Crippen molar-refractivity contribution in [1.82, 2.24) is 9.78 Å². The van der Waals surface area contributed by atoms with Gasteiger partial charge in [0, 0.05) is 19.2 Å². The minimum Gasteiger partial charge on any atom is -0.396 e. The number of anilines is 1. The number of halogens is 1. The Morgan fingerprint density at radius 1 is 1.56 bits per heavy atom. The van der Waals surface area contributed by atoms with Crippen molar-refractivity contribution in [3.05, 3.63) is 21.0 Å². The zero-order valence-corrected chi connectivity index (χ0v) is 12.6. The van der Waals surface area contributed by atoms with Crippen LogP contribution in [-0.2, 0) is 6.54 Å². The van der Waals surface area contributed by atoms with E-state index in [0.29, 0.717) is 16.7 Å². The second kappa shape index (κ2) is 6.89. The van der Waals surface area contributed by atoms with Gasteiger partial charge in [0.05, 0.1) is 11.9 Å². The predicted octanol–water partition coefficient (Wildman–Crippen LogP) is 1.84. The first-order chi connectivity index (χ1) is 8.51. The van der Waals surface area contributed by atoms with E-state index in [0.717, 1.165) is 6.42 Å². The van der Waals surface area contributed by atoms with Crippen molar-refractivity contribution in [2.24, 2.45) is 5.92 Å². The molecule has 2 atom stereocenters. The summed E-state index contributed by atoms with van der Waals surface area (Å²) >= 11 is 3.30. The molecular weight excluding hydrogens is 298 g/mol. The summed E-state index contributed by atoms with van der Waals surface area (Å²) in [6.45, 7) is 6.62. The molecule has 0 radical (unpaired) electrons. The van der Waals surface area contributed by atoms with E-state index < -0.39 is 0 Å². The largest absolute Gasteiger partial charge is 0.396 e. The summed E-state index contributed by atoms with van der Waals surface area (Å²) in [5.74, 6) is 0.106. The van der Waals surface area contributed by atoms with Gasteiger partial charge in [-0.1, -0.05) is 13.8 Å². The standard InChI is InChI=1S/C12H20BrN3O2/c1-4-5-16-12(18)11(13)10(6-14-16)15-9(3)8(2)7-17/h6,8-9,15,17H,4-5,7H2,1-3H3. The molecule has 0 saturated carbocycles. The first-order valence-electron chi connectivity index (χ1n) is 6.14. The van der Waals surface area contributed by atoms with Gasteiger partial charge in [-0.3, -0.25) is 4.79 Å². The molecule has 2 unspecified atom stereocenters. The van der Waals surface area contributed by atoms with Crippen LogP contribution in [0, 0.1) is 5.92 Å². The third kappa shape index (κ3) is 3.55. The number of aliphatic hydroxyl groups is 1. The van der Waals surface area contributed by atoms with Crippen LogP contribution in [0.1, 0.15) is 27.2 Å². The van der Waals surface area contributed by atoms with Crippen molar-refractivity contribution < 1.29 is 5.11 Å². The van der Waals surface area contributed by atoms with Crippen molar-refractivity contribution in [3.63, 3.8) is 0 Å². The zero-order chi connectivity index (χ0) is 13.7. The number of hydrogen-bond donors (Lipinski definition) is 2. The van der Waals surface area contributed by atoms with Gasteiger partial charge >= 0.3 is 0 Å². The first kappa shape index (κ1) is 15.2. The monoisotopic (exact) mass is 317 g/mol. The number of aromatic nitrogens is 2. The van der Waals surface area contributed by atoms with Crippen LogP contribution in [0.4, 0.5) is 5.69 Å². The number of nitrogens with zero attached hydrogens (tertiary/aromatic N) is 2. The Hall–Kier alpha value is -0.880. The fourth-order valence-electron chi connectivity index (χ4n) is 1.48. The molecule has 0 amide bonds. The molecule has 5 nitrogen and oxygen atoms in total. The zero-order valence-electron chi connectivity index (χ0n) is 11.0. The molecule has 0 spiro atoms. The highest BCUT2D eigenvalue weighted by molar-refractivity contribution is 9.10. The van der Waals surface area contributed by atoms with Crippen LogP contribution in [-0.4, -0.2) is 27.5 Å². The molecule has 102 valence electrons. The molecule has 18 heavy (non-hydrogen) atoms. The van der Waals surface area contributed by atoms with Crippen LogP contribution in [0.5, 0.6) is 0 Å². The van der Waals surface area contributed by atoms with E-state index >= 15 is 0 Å². The van der Waals surface area contributed by atoms with E-state index in [4.69, 9.17) is 5.11 Å². The molecule has 0 aromatic carbocycles. The van der Waals surface area contributed by atoms with Gasteiger partial charge in [0.1, 0.15) is 4.47 Å². The maximum atomic E-state index is 12.0. The molecule has 0 bridgehead atoms. The van der Waals surface area contributed by atoms with Crippen LogP contribution in [0.3, 0.4) is 0 Å². The van der Waals surface area contributed by atoms with Gasteiger partial charge in [-0.15, -0.1) is 0 Å². The molecule has 0 saturated heterocycles. The van der Waals surface area contributed by atoms with Crippen LogP contribution >= 0.6 is 15.9 Å². The lowest BCUT2D eigenvalue weighted by molar-refractivity contribution is 0.226. The third-order valence-electron chi connectivity index (χ3n) is 2.95. The van der Waals surface area contributed by atoms with E-state index in [9.17, 15) is 4.79 Å². The van der Waals surface area contributed by atoms with Gasteiger partial charge in [0.2, 0.25) is 0 Å².